The van der Waals surface area contributed by atoms with Gasteiger partial charge >= 0.3 is 181 Å². The maximum atomic E-state index is 2.57. The van der Waals surface area contributed by atoms with Crippen LogP contribution in [0.1, 0.15) is 158 Å². The Bertz CT molecular complexity index is 380. The minimum Gasteiger partial charge on any atom is -0.0628 e. The summed E-state index contributed by atoms with van der Waals surface area (Å²) in [5, 5.41) is 0. The Hall–Kier alpha value is 0.430. The van der Waals surface area contributed by atoms with Crippen molar-refractivity contribution < 1.29 is 0 Å². The second-order valence-corrected chi connectivity index (χ2v) is 17.9. The van der Waals surface area contributed by atoms with E-state index in [4.69, 9.17) is 0 Å². The number of rotatable bonds is 24. The van der Waals surface area contributed by atoms with Crippen LogP contribution >= 0.6 is 7.26 Å². The molecule has 33 heavy (non-hydrogen) atoms. The summed E-state index contributed by atoms with van der Waals surface area (Å²) < 4.78 is 0. The van der Waals surface area contributed by atoms with Gasteiger partial charge < -0.3 is 0 Å². The summed E-state index contributed by atoms with van der Waals surface area (Å²) in [5.41, 5.74) is 0. The Morgan fingerprint density at radius 1 is 0.394 bits per heavy atom. The Labute approximate surface area is 213 Å². The van der Waals surface area contributed by atoms with Crippen molar-refractivity contribution in [3.63, 3.8) is 0 Å². The van der Waals surface area contributed by atoms with Crippen LogP contribution < -0.4 is 0 Å². The Morgan fingerprint density at radius 3 is 1.06 bits per heavy atom. The van der Waals surface area contributed by atoms with Gasteiger partial charge in [-0.1, -0.05) is 26.7 Å². The molecule has 0 radical (unpaired) electrons. The average Bonchev–Trinajstić information content (AvgIpc) is 2.78. The molecular formula is C32H69P. The maximum absolute atomic E-state index is 2.57. The van der Waals surface area contributed by atoms with Gasteiger partial charge in [0.05, 0.1) is 0 Å². The summed E-state index contributed by atoms with van der Waals surface area (Å²) in [5.74, 6) is 3.71. The van der Waals surface area contributed by atoms with Crippen LogP contribution in [-0.2, 0) is 0 Å². The predicted molar refractivity (Wildman–Crippen MR) is 161 cm³/mol. The van der Waals surface area contributed by atoms with Crippen molar-refractivity contribution in [1.82, 2.24) is 0 Å². The third-order valence-electron chi connectivity index (χ3n) is 8.62. The van der Waals surface area contributed by atoms with E-state index in [0.29, 0.717) is 0 Å². The molecule has 0 saturated carbocycles. The Morgan fingerprint density at radius 2 is 0.727 bits per heavy atom. The first-order valence-corrected chi connectivity index (χ1v) is 18.6. The molecule has 0 nitrogen and oxygen atoms in total. The molecule has 0 heterocycles. The fourth-order valence-electron chi connectivity index (χ4n) is 5.90. The molecule has 0 aliphatic rings. The van der Waals surface area contributed by atoms with Crippen molar-refractivity contribution in [2.45, 2.75) is 158 Å². The molecule has 0 aliphatic heterocycles. The molecule has 0 aromatic heterocycles. The Kier molecular flexibility index (Phi) is 22.0. The second kappa shape index (κ2) is 21.7. The zero-order chi connectivity index (χ0) is 25.0. The fraction of sp³-hybridized carbons (Fsp3) is 1.00. The monoisotopic (exact) mass is 485 g/mol. The van der Waals surface area contributed by atoms with Crippen LogP contribution in [0.4, 0.5) is 0 Å². The molecule has 0 aromatic carbocycles. The standard InChI is InChI=1S/C32H69P/c1-9-12-25-33(26-13-10-2,27-14-11-3)28-24-32(8)23-17-22-31(7)21-16-20-30(6)19-15-18-29(4)5/h29-33H,9-28H2,1-8H3. The molecule has 0 aromatic rings. The summed E-state index contributed by atoms with van der Waals surface area (Å²) in [6.07, 6.45) is 29.9. The summed E-state index contributed by atoms with van der Waals surface area (Å²) >= 11 is 0. The number of hydrogen-bond donors (Lipinski definition) is 0. The zero-order valence-corrected chi connectivity index (χ0v) is 26.0. The molecule has 0 spiro atoms. The van der Waals surface area contributed by atoms with Gasteiger partial charge in [-0.2, -0.15) is 0 Å². The van der Waals surface area contributed by atoms with Gasteiger partial charge in [0.15, 0.2) is 0 Å². The van der Waals surface area contributed by atoms with E-state index in [0.717, 1.165) is 23.7 Å². The zero-order valence-electron chi connectivity index (χ0n) is 25.0. The third kappa shape index (κ3) is 19.3. The van der Waals surface area contributed by atoms with E-state index in [-0.39, 0.29) is 0 Å². The number of hydrogen-bond acceptors (Lipinski definition) is 0. The molecule has 0 N–H and O–H groups in total. The van der Waals surface area contributed by atoms with Crippen LogP contribution in [-0.4, -0.2) is 24.6 Å². The third-order valence-corrected chi connectivity index (χ3v) is 14.2. The van der Waals surface area contributed by atoms with Crippen LogP contribution in [0, 0.1) is 23.7 Å². The summed E-state index contributed by atoms with van der Waals surface area (Å²) in [7, 11) is -1.03. The topological polar surface area (TPSA) is 0 Å². The number of unbranched alkanes of at least 4 members (excludes halogenated alkanes) is 3. The molecule has 0 rings (SSSR count). The van der Waals surface area contributed by atoms with Crippen molar-refractivity contribution in [2.75, 3.05) is 24.6 Å². The van der Waals surface area contributed by atoms with E-state index in [1.165, 1.54) is 103 Å². The van der Waals surface area contributed by atoms with Crippen LogP contribution in [0.3, 0.4) is 0 Å². The van der Waals surface area contributed by atoms with E-state index in [1.54, 1.807) is 24.6 Å². The van der Waals surface area contributed by atoms with Crippen molar-refractivity contribution in [1.29, 1.82) is 0 Å². The van der Waals surface area contributed by atoms with Crippen molar-refractivity contribution in [2.24, 2.45) is 23.7 Å². The molecule has 0 saturated heterocycles. The quantitative estimate of drug-likeness (QED) is 0.119. The fourth-order valence-corrected chi connectivity index (χ4v) is 11.8. The van der Waals surface area contributed by atoms with Crippen molar-refractivity contribution in [3.05, 3.63) is 0 Å². The normalized spacial score (nSPS) is 15.7. The SMILES string of the molecule is CCCC[PH](CCCC)(CCCC)CCC(C)CCCC(C)CCCC(C)CCCC(C)C. The molecule has 0 aliphatic carbocycles. The molecule has 202 valence electrons. The predicted octanol–water partition coefficient (Wildman–Crippen LogP) is 11.6. The van der Waals surface area contributed by atoms with Crippen molar-refractivity contribution in [3.8, 4) is 0 Å². The van der Waals surface area contributed by atoms with Gasteiger partial charge in [-0.3, -0.25) is 0 Å². The molecular weight excluding hydrogens is 415 g/mol. The van der Waals surface area contributed by atoms with Gasteiger partial charge in [-0.25, -0.2) is 0 Å². The summed E-state index contributed by atoms with van der Waals surface area (Å²) in [4.78, 5) is 0. The minimum absolute atomic E-state index is 0.877. The average molecular weight is 485 g/mol. The van der Waals surface area contributed by atoms with E-state index in [9.17, 15) is 0 Å². The first-order chi connectivity index (χ1) is 15.8. The van der Waals surface area contributed by atoms with Gasteiger partial charge in [-0.05, 0) is 5.92 Å². The second-order valence-electron chi connectivity index (χ2n) is 12.9. The van der Waals surface area contributed by atoms with Gasteiger partial charge in [0.2, 0.25) is 0 Å². The summed E-state index contributed by atoms with van der Waals surface area (Å²) in [6, 6.07) is 0. The van der Waals surface area contributed by atoms with Gasteiger partial charge in [0.25, 0.3) is 0 Å². The molecule has 0 bridgehead atoms. The van der Waals surface area contributed by atoms with Crippen LogP contribution in [0.25, 0.3) is 0 Å². The first-order valence-electron chi connectivity index (χ1n) is 15.8. The summed E-state index contributed by atoms with van der Waals surface area (Å²) in [6.45, 7) is 19.5. The van der Waals surface area contributed by atoms with Crippen LogP contribution in [0.2, 0.25) is 0 Å². The van der Waals surface area contributed by atoms with E-state index in [2.05, 4.69) is 55.4 Å². The van der Waals surface area contributed by atoms with E-state index < -0.39 is 7.26 Å². The van der Waals surface area contributed by atoms with E-state index in [1.807, 2.05) is 0 Å². The smallest absolute Gasteiger partial charge is 0.0628 e. The van der Waals surface area contributed by atoms with Crippen molar-refractivity contribution >= 4 is 7.26 Å². The first kappa shape index (κ1) is 33.4. The van der Waals surface area contributed by atoms with E-state index >= 15 is 0 Å². The van der Waals surface area contributed by atoms with Crippen LogP contribution in [0.15, 0.2) is 0 Å². The van der Waals surface area contributed by atoms with Gasteiger partial charge in [0, 0.05) is 0 Å². The Balaban J connectivity index is 4.20. The molecule has 1 heteroatoms. The molecule has 0 fully saturated rings. The molecule has 3 atom stereocenters. The van der Waals surface area contributed by atoms with Gasteiger partial charge in [-0.15, -0.1) is 0 Å². The van der Waals surface area contributed by atoms with Gasteiger partial charge in [0.1, 0.15) is 0 Å². The molecule has 3 unspecified atom stereocenters. The minimum atomic E-state index is -1.03. The molecule has 0 amide bonds. The van der Waals surface area contributed by atoms with Crippen LogP contribution in [0.5, 0.6) is 0 Å².